The van der Waals surface area contributed by atoms with E-state index in [-0.39, 0.29) is 24.4 Å². The Morgan fingerprint density at radius 1 is 1.37 bits per heavy atom. The lowest BCUT2D eigenvalue weighted by Crippen LogP contribution is -2.41. The maximum absolute atomic E-state index is 11.4. The summed E-state index contributed by atoms with van der Waals surface area (Å²) in [7, 11) is 2.05. The molecule has 1 rings (SSSR count). The fourth-order valence-corrected chi connectivity index (χ4v) is 1.95. The Morgan fingerprint density at radius 3 is 2.58 bits per heavy atom. The van der Waals surface area contributed by atoms with Gasteiger partial charge in [-0.2, -0.15) is 0 Å². The van der Waals surface area contributed by atoms with Gasteiger partial charge in [0, 0.05) is 32.1 Å². The van der Waals surface area contributed by atoms with E-state index in [1.165, 1.54) is 5.56 Å². The van der Waals surface area contributed by atoms with Crippen LogP contribution in [0, 0.1) is 0 Å². The van der Waals surface area contributed by atoms with Gasteiger partial charge in [0.15, 0.2) is 0 Å². The summed E-state index contributed by atoms with van der Waals surface area (Å²) in [6, 6.07) is 10.4. The van der Waals surface area contributed by atoms with E-state index < -0.39 is 0 Å². The van der Waals surface area contributed by atoms with Crippen LogP contribution in [0.25, 0.3) is 0 Å². The molecule has 5 heteroatoms. The predicted octanol–water partition coefficient (Wildman–Crippen LogP) is 1.39. The molecule has 108 valence electrons. The van der Waals surface area contributed by atoms with Crippen LogP contribution in [0.2, 0.25) is 0 Å². The van der Waals surface area contributed by atoms with Crippen molar-refractivity contribution >= 4 is 18.3 Å². The van der Waals surface area contributed by atoms with Crippen molar-refractivity contribution in [2.75, 3.05) is 20.1 Å². The maximum Gasteiger partial charge on any atom is 0.221 e. The van der Waals surface area contributed by atoms with Crippen LogP contribution in [0.1, 0.15) is 18.9 Å². The number of likely N-dealkylation sites (N-methyl/N-ethyl adjacent to an activating group) is 1. The summed E-state index contributed by atoms with van der Waals surface area (Å²) in [6.45, 7) is 4.12. The van der Waals surface area contributed by atoms with E-state index in [0.29, 0.717) is 13.0 Å². The first-order chi connectivity index (χ1) is 8.61. The van der Waals surface area contributed by atoms with E-state index in [9.17, 15) is 4.79 Å². The number of carbonyl (C=O) groups is 1. The largest absolute Gasteiger partial charge is 0.352 e. The highest BCUT2D eigenvalue weighted by molar-refractivity contribution is 5.85. The SMILES string of the molecule is CC(CN(C)Cc1ccccc1)NC(=O)CCN.Cl. The first-order valence-electron chi connectivity index (χ1n) is 6.33. The smallest absolute Gasteiger partial charge is 0.221 e. The van der Waals surface area contributed by atoms with Crippen LogP contribution in [-0.2, 0) is 11.3 Å². The molecule has 0 saturated carbocycles. The quantitative estimate of drug-likeness (QED) is 0.796. The molecule has 0 saturated heterocycles. The van der Waals surface area contributed by atoms with Gasteiger partial charge >= 0.3 is 0 Å². The third-order valence-corrected chi connectivity index (χ3v) is 2.66. The molecule has 0 radical (unpaired) electrons. The van der Waals surface area contributed by atoms with Gasteiger partial charge in [-0.3, -0.25) is 4.79 Å². The fraction of sp³-hybridized carbons (Fsp3) is 0.500. The van der Waals surface area contributed by atoms with Gasteiger partial charge in [0.25, 0.3) is 0 Å². The van der Waals surface area contributed by atoms with Crippen LogP contribution < -0.4 is 11.1 Å². The number of halogens is 1. The van der Waals surface area contributed by atoms with Crippen molar-refractivity contribution in [3.05, 3.63) is 35.9 Å². The molecular formula is C14H24ClN3O. The summed E-state index contributed by atoms with van der Waals surface area (Å²) in [4.78, 5) is 13.6. The second-order valence-corrected chi connectivity index (χ2v) is 4.69. The lowest BCUT2D eigenvalue weighted by atomic mass is 10.2. The van der Waals surface area contributed by atoms with E-state index in [4.69, 9.17) is 5.73 Å². The molecular weight excluding hydrogens is 262 g/mol. The van der Waals surface area contributed by atoms with Gasteiger partial charge in [-0.1, -0.05) is 30.3 Å². The topological polar surface area (TPSA) is 58.4 Å². The Kier molecular flexibility index (Phi) is 9.21. The molecule has 0 spiro atoms. The number of nitrogens with one attached hydrogen (secondary N) is 1. The molecule has 1 unspecified atom stereocenters. The Bertz CT molecular complexity index is 359. The van der Waals surface area contributed by atoms with Crippen LogP contribution in [0.4, 0.5) is 0 Å². The summed E-state index contributed by atoms with van der Waals surface area (Å²) in [5, 5.41) is 2.94. The van der Waals surface area contributed by atoms with Crippen LogP contribution in [0.3, 0.4) is 0 Å². The second kappa shape index (κ2) is 9.78. The minimum Gasteiger partial charge on any atom is -0.352 e. The van der Waals surface area contributed by atoms with Gasteiger partial charge in [0.05, 0.1) is 0 Å². The second-order valence-electron chi connectivity index (χ2n) is 4.69. The Labute approximate surface area is 121 Å². The Hall–Kier alpha value is -1.10. The average Bonchev–Trinajstić information content (AvgIpc) is 2.29. The van der Waals surface area contributed by atoms with Gasteiger partial charge in [-0.05, 0) is 19.5 Å². The standard InChI is InChI=1S/C14H23N3O.ClH/c1-12(16-14(18)8-9-15)10-17(2)11-13-6-4-3-5-7-13;/h3-7,12H,8-11,15H2,1-2H3,(H,16,18);1H. The Balaban J connectivity index is 0.00000324. The highest BCUT2D eigenvalue weighted by atomic mass is 35.5. The summed E-state index contributed by atoms with van der Waals surface area (Å²) < 4.78 is 0. The molecule has 0 heterocycles. The number of hydrogen-bond donors (Lipinski definition) is 2. The number of nitrogens with two attached hydrogens (primary N) is 1. The highest BCUT2D eigenvalue weighted by Gasteiger charge is 2.09. The van der Waals surface area contributed by atoms with Crippen molar-refractivity contribution in [2.45, 2.75) is 25.9 Å². The van der Waals surface area contributed by atoms with E-state index in [1.54, 1.807) is 0 Å². The highest BCUT2D eigenvalue weighted by Crippen LogP contribution is 2.03. The molecule has 19 heavy (non-hydrogen) atoms. The molecule has 0 aromatic heterocycles. The van der Waals surface area contributed by atoms with E-state index >= 15 is 0 Å². The predicted molar refractivity (Wildman–Crippen MR) is 81.3 cm³/mol. The van der Waals surface area contributed by atoms with Crippen LogP contribution in [0.15, 0.2) is 30.3 Å². The summed E-state index contributed by atoms with van der Waals surface area (Å²) >= 11 is 0. The Morgan fingerprint density at radius 2 is 2.00 bits per heavy atom. The number of amides is 1. The summed E-state index contributed by atoms with van der Waals surface area (Å²) in [5.41, 5.74) is 6.62. The summed E-state index contributed by atoms with van der Waals surface area (Å²) in [6.07, 6.45) is 0.396. The normalized spacial score (nSPS) is 11.8. The van der Waals surface area contributed by atoms with Crippen molar-refractivity contribution in [1.29, 1.82) is 0 Å². The average molecular weight is 286 g/mol. The van der Waals surface area contributed by atoms with Gasteiger partial charge in [0.2, 0.25) is 5.91 Å². The van der Waals surface area contributed by atoms with Crippen molar-refractivity contribution < 1.29 is 4.79 Å². The van der Waals surface area contributed by atoms with Crippen molar-refractivity contribution in [2.24, 2.45) is 5.73 Å². The zero-order chi connectivity index (χ0) is 13.4. The van der Waals surface area contributed by atoms with E-state index in [1.807, 2.05) is 25.1 Å². The first-order valence-corrected chi connectivity index (χ1v) is 6.33. The van der Waals surface area contributed by atoms with Crippen LogP contribution >= 0.6 is 12.4 Å². The van der Waals surface area contributed by atoms with Gasteiger partial charge < -0.3 is 16.0 Å². The van der Waals surface area contributed by atoms with E-state index in [2.05, 4.69) is 29.4 Å². The maximum atomic E-state index is 11.4. The molecule has 1 aromatic rings. The lowest BCUT2D eigenvalue weighted by molar-refractivity contribution is -0.121. The number of carbonyl (C=O) groups excluding carboxylic acids is 1. The van der Waals surface area contributed by atoms with Crippen molar-refractivity contribution in [3.63, 3.8) is 0 Å². The molecule has 4 nitrogen and oxygen atoms in total. The van der Waals surface area contributed by atoms with Gasteiger partial charge in [0.1, 0.15) is 0 Å². The van der Waals surface area contributed by atoms with Gasteiger partial charge in [-0.25, -0.2) is 0 Å². The number of nitrogens with zero attached hydrogens (tertiary/aromatic N) is 1. The molecule has 0 aliphatic heterocycles. The molecule has 1 aromatic carbocycles. The summed E-state index contributed by atoms with van der Waals surface area (Å²) in [5.74, 6) is 0.0260. The van der Waals surface area contributed by atoms with Crippen LogP contribution in [-0.4, -0.2) is 37.0 Å². The number of rotatable bonds is 7. The monoisotopic (exact) mass is 285 g/mol. The molecule has 1 amide bonds. The zero-order valence-corrected chi connectivity index (χ0v) is 12.5. The lowest BCUT2D eigenvalue weighted by Gasteiger charge is -2.22. The molecule has 0 aliphatic rings. The third kappa shape index (κ3) is 7.82. The van der Waals surface area contributed by atoms with Crippen molar-refractivity contribution in [3.8, 4) is 0 Å². The van der Waals surface area contributed by atoms with Crippen LogP contribution in [0.5, 0.6) is 0 Å². The van der Waals surface area contributed by atoms with Crippen molar-refractivity contribution in [1.82, 2.24) is 10.2 Å². The molecule has 0 bridgehead atoms. The molecule has 1 atom stereocenters. The zero-order valence-electron chi connectivity index (χ0n) is 11.6. The minimum atomic E-state index is 0. The van der Waals surface area contributed by atoms with E-state index in [0.717, 1.165) is 13.1 Å². The number of hydrogen-bond acceptors (Lipinski definition) is 3. The number of benzene rings is 1. The molecule has 0 aliphatic carbocycles. The first kappa shape index (κ1) is 17.9. The fourth-order valence-electron chi connectivity index (χ4n) is 1.95. The molecule has 0 fully saturated rings. The molecule has 3 N–H and O–H groups in total. The minimum absolute atomic E-state index is 0. The third-order valence-electron chi connectivity index (χ3n) is 2.66. The van der Waals surface area contributed by atoms with Gasteiger partial charge in [-0.15, -0.1) is 12.4 Å².